The van der Waals surface area contributed by atoms with Gasteiger partial charge < -0.3 is 10.2 Å². The van der Waals surface area contributed by atoms with Crippen molar-refractivity contribution in [3.63, 3.8) is 0 Å². The van der Waals surface area contributed by atoms with E-state index in [4.69, 9.17) is 5.26 Å². The number of nitrogens with zero attached hydrogens (tertiary/aromatic N) is 3. The summed E-state index contributed by atoms with van der Waals surface area (Å²) in [7, 11) is -3.60. The number of hydrogen-bond acceptors (Lipinski definition) is 5. The molecule has 174 valence electrons. The fourth-order valence-corrected chi connectivity index (χ4v) is 5.30. The van der Waals surface area contributed by atoms with Crippen LogP contribution in [0.15, 0.2) is 59.5 Å². The first kappa shape index (κ1) is 24.4. The predicted octanol–water partition coefficient (Wildman–Crippen LogP) is 3.53. The number of para-hydroxylation sites is 1. The van der Waals surface area contributed by atoms with Gasteiger partial charge in [0.15, 0.2) is 0 Å². The molecule has 0 spiro atoms. The minimum Gasteiger partial charge on any atom is -0.326 e. The molecule has 9 heteroatoms. The Morgan fingerprint density at radius 3 is 2.42 bits per heavy atom. The van der Waals surface area contributed by atoms with E-state index in [2.05, 4.69) is 5.32 Å². The number of hydrogen-bond donors (Lipinski definition) is 1. The number of carbonyl (C=O) groups excluding carboxylic acids is 2. The van der Waals surface area contributed by atoms with Gasteiger partial charge in [-0.05, 0) is 43.2 Å². The SMILES string of the molecule is N#CCCN(C(=O)CCC(=O)Nc1cccc(S(=O)(=O)N2CCCCC2)c1)c1ccccc1. The normalized spacial score (nSPS) is 14.3. The molecule has 0 atom stereocenters. The summed E-state index contributed by atoms with van der Waals surface area (Å²) in [5.41, 5.74) is 1.05. The van der Waals surface area contributed by atoms with Crippen molar-refractivity contribution in [1.29, 1.82) is 5.26 Å². The van der Waals surface area contributed by atoms with Crippen molar-refractivity contribution in [2.45, 2.75) is 43.4 Å². The summed E-state index contributed by atoms with van der Waals surface area (Å²) in [4.78, 5) is 26.8. The number of carbonyl (C=O) groups is 2. The molecule has 3 rings (SSSR count). The Morgan fingerprint density at radius 1 is 1.00 bits per heavy atom. The molecule has 1 N–H and O–H groups in total. The summed E-state index contributed by atoms with van der Waals surface area (Å²) < 4.78 is 27.2. The lowest BCUT2D eigenvalue weighted by molar-refractivity contribution is -0.122. The van der Waals surface area contributed by atoms with Crippen LogP contribution in [-0.2, 0) is 19.6 Å². The molecule has 0 bridgehead atoms. The van der Waals surface area contributed by atoms with Gasteiger partial charge in [-0.15, -0.1) is 0 Å². The topological polar surface area (TPSA) is 111 Å². The maximum Gasteiger partial charge on any atom is 0.243 e. The zero-order valence-electron chi connectivity index (χ0n) is 18.4. The van der Waals surface area contributed by atoms with Crippen LogP contribution in [0.1, 0.15) is 38.5 Å². The first-order chi connectivity index (χ1) is 15.9. The van der Waals surface area contributed by atoms with E-state index in [-0.39, 0.29) is 42.5 Å². The Hall–Kier alpha value is -3.22. The van der Waals surface area contributed by atoms with E-state index in [1.165, 1.54) is 21.3 Å². The molecule has 1 heterocycles. The fraction of sp³-hybridized carbons (Fsp3) is 0.375. The van der Waals surface area contributed by atoms with Crippen molar-refractivity contribution in [3.8, 4) is 6.07 Å². The Morgan fingerprint density at radius 2 is 1.73 bits per heavy atom. The quantitative estimate of drug-likeness (QED) is 0.605. The molecule has 2 aromatic carbocycles. The van der Waals surface area contributed by atoms with Gasteiger partial charge in [0.2, 0.25) is 21.8 Å². The third-order valence-corrected chi connectivity index (χ3v) is 7.35. The van der Waals surface area contributed by atoms with Gasteiger partial charge in [-0.1, -0.05) is 30.7 Å². The highest BCUT2D eigenvalue weighted by atomic mass is 32.2. The van der Waals surface area contributed by atoms with Gasteiger partial charge in [0.05, 0.1) is 17.4 Å². The number of benzene rings is 2. The minimum atomic E-state index is -3.60. The van der Waals surface area contributed by atoms with E-state index < -0.39 is 10.0 Å². The third-order valence-electron chi connectivity index (χ3n) is 5.45. The highest BCUT2D eigenvalue weighted by Crippen LogP contribution is 2.23. The lowest BCUT2D eigenvalue weighted by Crippen LogP contribution is -2.35. The average molecular weight is 469 g/mol. The van der Waals surface area contributed by atoms with Crippen LogP contribution >= 0.6 is 0 Å². The summed E-state index contributed by atoms with van der Waals surface area (Å²) in [5.74, 6) is -0.641. The Labute approximate surface area is 194 Å². The maximum absolute atomic E-state index is 12.9. The van der Waals surface area contributed by atoms with Gasteiger partial charge in [-0.3, -0.25) is 9.59 Å². The van der Waals surface area contributed by atoms with Crippen LogP contribution in [0.25, 0.3) is 0 Å². The predicted molar refractivity (Wildman–Crippen MR) is 126 cm³/mol. The molecule has 33 heavy (non-hydrogen) atoms. The Kier molecular flexibility index (Phi) is 8.58. The number of nitrogens with one attached hydrogen (secondary N) is 1. The monoisotopic (exact) mass is 468 g/mol. The molecule has 0 aliphatic carbocycles. The van der Waals surface area contributed by atoms with Crippen molar-refractivity contribution in [3.05, 3.63) is 54.6 Å². The molecule has 2 aromatic rings. The van der Waals surface area contributed by atoms with Crippen LogP contribution in [0.5, 0.6) is 0 Å². The van der Waals surface area contributed by atoms with E-state index in [0.29, 0.717) is 24.5 Å². The highest BCUT2D eigenvalue weighted by molar-refractivity contribution is 7.89. The molecular weight excluding hydrogens is 440 g/mol. The van der Waals surface area contributed by atoms with Crippen LogP contribution in [0.4, 0.5) is 11.4 Å². The zero-order chi connectivity index (χ0) is 23.7. The van der Waals surface area contributed by atoms with Gasteiger partial charge in [-0.25, -0.2) is 8.42 Å². The first-order valence-corrected chi connectivity index (χ1v) is 12.5. The highest BCUT2D eigenvalue weighted by Gasteiger charge is 2.26. The van der Waals surface area contributed by atoms with Gasteiger partial charge in [0.25, 0.3) is 0 Å². The van der Waals surface area contributed by atoms with E-state index >= 15 is 0 Å². The minimum absolute atomic E-state index is 0.0298. The number of sulfonamides is 1. The van der Waals surface area contributed by atoms with E-state index in [9.17, 15) is 18.0 Å². The summed E-state index contributed by atoms with van der Waals surface area (Å²) in [6.07, 6.45) is 2.82. The molecule has 1 aliphatic heterocycles. The second-order valence-electron chi connectivity index (χ2n) is 7.83. The van der Waals surface area contributed by atoms with E-state index in [1.54, 1.807) is 36.4 Å². The standard InChI is InChI=1S/C24H28N4O4S/c25-15-8-18-28(21-10-3-1-4-11-21)24(30)14-13-23(29)26-20-9-7-12-22(19-20)33(31,32)27-16-5-2-6-17-27/h1,3-4,7,9-12,19H,2,5-6,8,13-14,16-18H2,(H,26,29). The largest absolute Gasteiger partial charge is 0.326 e. The maximum atomic E-state index is 12.9. The molecular formula is C24H28N4O4S. The first-order valence-electron chi connectivity index (χ1n) is 11.0. The van der Waals surface area contributed by atoms with Gasteiger partial charge in [0, 0.05) is 43.9 Å². The van der Waals surface area contributed by atoms with Crippen LogP contribution in [0, 0.1) is 11.3 Å². The van der Waals surface area contributed by atoms with Crippen LogP contribution in [0.2, 0.25) is 0 Å². The number of amides is 2. The lowest BCUT2D eigenvalue weighted by atomic mass is 10.2. The van der Waals surface area contributed by atoms with Gasteiger partial charge in [-0.2, -0.15) is 9.57 Å². The molecule has 1 fully saturated rings. The molecule has 0 aromatic heterocycles. The van der Waals surface area contributed by atoms with Crippen molar-refractivity contribution >= 4 is 33.2 Å². The molecule has 0 radical (unpaired) electrons. The zero-order valence-corrected chi connectivity index (χ0v) is 19.3. The van der Waals surface area contributed by atoms with E-state index in [0.717, 1.165) is 19.3 Å². The molecule has 0 saturated carbocycles. The average Bonchev–Trinajstić information content (AvgIpc) is 2.84. The van der Waals surface area contributed by atoms with Gasteiger partial charge in [0.1, 0.15) is 0 Å². The van der Waals surface area contributed by atoms with Crippen molar-refractivity contribution in [2.24, 2.45) is 0 Å². The summed E-state index contributed by atoms with van der Waals surface area (Å²) in [6, 6.07) is 17.2. The number of nitriles is 1. The van der Waals surface area contributed by atoms with Crippen LogP contribution in [-0.4, -0.2) is 44.2 Å². The van der Waals surface area contributed by atoms with Crippen LogP contribution < -0.4 is 10.2 Å². The Balaban J connectivity index is 1.61. The molecule has 0 unspecified atom stereocenters. The second kappa shape index (κ2) is 11.6. The van der Waals surface area contributed by atoms with Crippen molar-refractivity contribution in [2.75, 3.05) is 29.9 Å². The second-order valence-corrected chi connectivity index (χ2v) is 9.77. The lowest BCUT2D eigenvalue weighted by Gasteiger charge is -2.26. The van der Waals surface area contributed by atoms with Crippen LogP contribution in [0.3, 0.4) is 0 Å². The smallest absolute Gasteiger partial charge is 0.243 e. The third kappa shape index (κ3) is 6.63. The molecule has 8 nitrogen and oxygen atoms in total. The molecule has 1 saturated heterocycles. The van der Waals surface area contributed by atoms with Crippen molar-refractivity contribution < 1.29 is 18.0 Å². The number of rotatable bonds is 9. The summed E-state index contributed by atoms with van der Waals surface area (Å²) >= 11 is 0. The number of piperidine rings is 1. The van der Waals surface area contributed by atoms with Crippen molar-refractivity contribution in [1.82, 2.24) is 4.31 Å². The molecule has 1 aliphatic rings. The summed E-state index contributed by atoms with van der Waals surface area (Å²) in [5, 5.41) is 11.6. The number of anilines is 2. The van der Waals surface area contributed by atoms with Gasteiger partial charge >= 0.3 is 0 Å². The molecule has 2 amide bonds. The summed E-state index contributed by atoms with van der Waals surface area (Å²) in [6.45, 7) is 1.26. The Bertz CT molecular complexity index is 1110. The fourth-order valence-electron chi connectivity index (χ4n) is 3.74. The van der Waals surface area contributed by atoms with E-state index in [1.807, 2.05) is 12.1 Å².